The van der Waals surface area contributed by atoms with Gasteiger partial charge in [-0.25, -0.2) is 4.79 Å². The lowest BCUT2D eigenvalue weighted by molar-refractivity contribution is -0.170. The lowest BCUT2D eigenvalue weighted by Gasteiger charge is -2.31. The fourth-order valence-electron chi connectivity index (χ4n) is 4.04. The van der Waals surface area contributed by atoms with Crippen LogP contribution in [0.1, 0.15) is 25.0 Å². The van der Waals surface area contributed by atoms with Gasteiger partial charge in [0.05, 0.1) is 19.3 Å². The van der Waals surface area contributed by atoms with Crippen LogP contribution in [0.2, 0.25) is 0 Å². The number of ether oxygens (including phenoxy) is 2. The quantitative estimate of drug-likeness (QED) is 0.420. The fraction of sp³-hybridized carbons (Fsp3) is 0.429. The SMILES string of the molecule is CC(C)[C@H](NC(=O)OCc1ccccc1)C(=O)N[C@@H](Cc1ccccc1)C(=O)C(F)(F)C(=O)N1CCOCC1. The average Bonchev–Trinajstić information content (AvgIpc) is 2.95. The van der Waals surface area contributed by atoms with Gasteiger partial charge in [0, 0.05) is 19.5 Å². The fourth-order valence-corrected chi connectivity index (χ4v) is 4.04. The molecule has 0 bridgehead atoms. The predicted octanol–water partition coefficient (Wildman–Crippen LogP) is 2.73. The van der Waals surface area contributed by atoms with Gasteiger partial charge in [0.25, 0.3) is 0 Å². The van der Waals surface area contributed by atoms with Gasteiger partial charge in [-0.3, -0.25) is 14.4 Å². The number of rotatable bonds is 11. The van der Waals surface area contributed by atoms with Crippen molar-refractivity contribution in [3.05, 3.63) is 71.8 Å². The molecule has 2 aromatic rings. The first kappa shape index (κ1) is 29.7. The molecule has 2 N–H and O–H groups in total. The highest BCUT2D eigenvalue weighted by Gasteiger charge is 2.52. The summed E-state index contributed by atoms with van der Waals surface area (Å²) in [5.74, 6) is -9.07. The lowest BCUT2D eigenvalue weighted by Crippen LogP contribution is -2.60. The van der Waals surface area contributed by atoms with Crippen LogP contribution >= 0.6 is 0 Å². The van der Waals surface area contributed by atoms with Gasteiger partial charge in [0.1, 0.15) is 12.6 Å². The Hall–Kier alpha value is -3.86. The van der Waals surface area contributed by atoms with Gasteiger partial charge in [-0.1, -0.05) is 74.5 Å². The van der Waals surface area contributed by atoms with Gasteiger partial charge in [0.2, 0.25) is 11.7 Å². The zero-order valence-corrected chi connectivity index (χ0v) is 21.9. The van der Waals surface area contributed by atoms with Crippen molar-refractivity contribution < 1.29 is 37.4 Å². The molecule has 0 saturated carbocycles. The number of Topliss-reactive ketones (excluding diaryl/α,β-unsaturated/α-hetero) is 1. The summed E-state index contributed by atoms with van der Waals surface area (Å²) < 4.78 is 40.7. The predicted molar refractivity (Wildman–Crippen MR) is 138 cm³/mol. The maximum Gasteiger partial charge on any atom is 0.408 e. The molecule has 0 radical (unpaired) electrons. The monoisotopic (exact) mass is 545 g/mol. The molecule has 1 fully saturated rings. The number of carbonyl (C=O) groups is 4. The molecular formula is C28H33F2N3O6. The molecule has 210 valence electrons. The third kappa shape index (κ3) is 8.31. The lowest BCUT2D eigenvalue weighted by atomic mass is 9.96. The van der Waals surface area contributed by atoms with E-state index in [1.807, 2.05) is 6.07 Å². The molecule has 1 heterocycles. The van der Waals surface area contributed by atoms with Crippen molar-refractivity contribution >= 4 is 23.7 Å². The second-order valence-electron chi connectivity index (χ2n) is 9.52. The molecule has 1 aliphatic heterocycles. The molecule has 9 nitrogen and oxygen atoms in total. The Morgan fingerprint density at radius 2 is 1.49 bits per heavy atom. The minimum atomic E-state index is -4.38. The number of amides is 3. The van der Waals surface area contributed by atoms with E-state index in [1.165, 1.54) is 0 Å². The molecule has 0 aliphatic carbocycles. The molecule has 0 spiro atoms. The van der Waals surface area contributed by atoms with E-state index in [2.05, 4.69) is 10.6 Å². The number of hydrogen-bond donors (Lipinski definition) is 2. The van der Waals surface area contributed by atoms with Gasteiger partial charge in [-0.2, -0.15) is 8.78 Å². The van der Waals surface area contributed by atoms with Crippen LogP contribution in [0.3, 0.4) is 0 Å². The number of carbonyl (C=O) groups excluding carboxylic acids is 4. The summed E-state index contributed by atoms with van der Waals surface area (Å²) in [6.45, 7) is 3.29. The minimum absolute atomic E-state index is 0.0376. The Labute approximate surface area is 225 Å². The second kappa shape index (κ2) is 13.8. The number of morpholine rings is 1. The van der Waals surface area contributed by atoms with E-state index in [9.17, 15) is 19.2 Å². The molecule has 2 aromatic carbocycles. The smallest absolute Gasteiger partial charge is 0.408 e. The first-order valence-corrected chi connectivity index (χ1v) is 12.7. The highest BCUT2D eigenvalue weighted by molar-refractivity contribution is 6.10. The first-order chi connectivity index (χ1) is 18.6. The van der Waals surface area contributed by atoms with Crippen molar-refractivity contribution in [1.82, 2.24) is 15.5 Å². The summed E-state index contributed by atoms with van der Waals surface area (Å²) >= 11 is 0. The number of nitrogens with zero attached hydrogens (tertiary/aromatic N) is 1. The molecule has 3 rings (SSSR count). The summed E-state index contributed by atoms with van der Waals surface area (Å²) in [6, 6.07) is 14.3. The van der Waals surface area contributed by atoms with Crippen LogP contribution in [-0.4, -0.2) is 72.9 Å². The minimum Gasteiger partial charge on any atom is -0.445 e. The summed E-state index contributed by atoms with van der Waals surface area (Å²) in [7, 11) is 0. The third-order valence-corrected chi connectivity index (χ3v) is 6.23. The van der Waals surface area contributed by atoms with Gasteiger partial charge >= 0.3 is 17.9 Å². The van der Waals surface area contributed by atoms with Crippen LogP contribution in [0.15, 0.2) is 60.7 Å². The van der Waals surface area contributed by atoms with Crippen LogP contribution in [0.5, 0.6) is 0 Å². The number of nitrogens with one attached hydrogen (secondary N) is 2. The summed E-state index contributed by atoms with van der Waals surface area (Å²) in [6.07, 6.45) is -1.16. The van der Waals surface area contributed by atoms with Crippen molar-refractivity contribution in [3.8, 4) is 0 Å². The van der Waals surface area contributed by atoms with Gasteiger partial charge in [-0.15, -0.1) is 0 Å². The number of hydrogen-bond acceptors (Lipinski definition) is 6. The van der Waals surface area contributed by atoms with Crippen LogP contribution in [0, 0.1) is 5.92 Å². The zero-order valence-electron chi connectivity index (χ0n) is 21.9. The Morgan fingerprint density at radius 3 is 2.05 bits per heavy atom. The Bertz CT molecular complexity index is 1120. The normalized spacial score (nSPS) is 15.3. The van der Waals surface area contributed by atoms with Crippen LogP contribution < -0.4 is 10.6 Å². The standard InChI is InChI=1S/C28H33F2N3O6/c1-19(2)23(32-27(37)39-18-21-11-7-4-8-12-21)25(35)31-22(17-20-9-5-3-6-10-20)24(34)28(29,30)26(36)33-13-15-38-16-14-33/h3-12,19,22-23H,13-18H2,1-2H3,(H,31,35)(H,32,37)/t22-,23-/m0/s1. The molecule has 0 unspecified atom stereocenters. The van der Waals surface area contributed by atoms with Crippen molar-refractivity contribution in [1.29, 1.82) is 0 Å². The van der Waals surface area contributed by atoms with Crippen molar-refractivity contribution in [2.45, 2.75) is 44.9 Å². The van der Waals surface area contributed by atoms with Crippen molar-refractivity contribution in [2.75, 3.05) is 26.3 Å². The summed E-state index contributed by atoms with van der Waals surface area (Å²) in [5.41, 5.74) is 1.24. The number of halogens is 2. The second-order valence-corrected chi connectivity index (χ2v) is 9.52. The number of alkyl carbamates (subject to hydrolysis) is 1. The zero-order chi connectivity index (χ0) is 28.4. The van der Waals surface area contributed by atoms with Gasteiger partial charge in [0.15, 0.2) is 0 Å². The van der Waals surface area contributed by atoms with Gasteiger partial charge in [-0.05, 0) is 17.0 Å². The van der Waals surface area contributed by atoms with E-state index < -0.39 is 47.6 Å². The van der Waals surface area contributed by atoms with Crippen LogP contribution in [0.4, 0.5) is 13.6 Å². The number of ketones is 1. The molecule has 2 atom stereocenters. The summed E-state index contributed by atoms with van der Waals surface area (Å²) in [5, 5.41) is 4.80. The Balaban J connectivity index is 1.74. The molecule has 0 aromatic heterocycles. The maximum atomic E-state index is 15.2. The highest BCUT2D eigenvalue weighted by atomic mass is 19.3. The number of alkyl halides is 2. The summed E-state index contributed by atoms with van der Waals surface area (Å²) in [4.78, 5) is 52.2. The van der Waals surface area contributed by atoms with E-state index in [1.54, 1.807) is 68.4 Å². The topological polar surface area (TPSA) is 114 Å². The maximum absolute atomic E-state index is 15.2. The van der Waals surface area contributed by atoms with E-state index in [0.29, 0.717) is 5.56 Å². The van der Waals surface area contributed by atoms with Gasteiger partial charge < -0.3 is 25.0 Å². The average molecular weight is 546 g/mol. The molecule has 3 amide bonds. The van der Waals surface area contributed by atoms with E-state index in [-0.39, 0.29) is 39.3 Å². The van der Waals surface area contributed by atoms with E-state index in [0.717, 1.165) is 10.5 Å². The Kier molecular flexibility index (Phi) is 10.5. The molecule has 1 aliphatic rings. The number of benzene rings is 2. The van der Waals surface area contributed by atoms with E-state index in [4.69, 9.17) is 9.47 Å². The molecular weight excluding hydrogens is 512 g/mol. The van der Waals surface area contributed by atoms with E-state index >= 15 is 8.78 Å². The van der Waals surface area contributed by atoms with Crippen LogP contribution in [0.25, 0.3) is 0 Å². The molecule has 1 saturated heterocycles. The van der Waals surface area contributed by atoms with Crippen molar-refractivity contribution in [3.63, 3.8) is 0 Å². The highest BCUT2D eigenvalue weighted by Crippen LogP contribution is 2.23. The van der Waals surface area contributed by atoms with Crippen LogP contribution in [-0.2, 0) is 36.9 Å². The largest absolute Gasteiger partial charge is 0.445 e. The molecule has 11 heteroatoms. The first-order valence-electron chi connectivity index (χ1n) is 12.7. The van der Waals surface area contributed by atoms with Crippen molar-refractivity contribution in [2.24, 2.45) is 5.92 Å². The third-order valence-electron chi connectivity index (χ3n) is 6.23. The Morgan fingerprint density at radius 1 is 0.923 bits per heavy atom. The molecule has 39 heavy (non-hydrogen) atoms.